The molecule has 0 heterocycles. The number of hydrogen-bond acceptors (Lipinski definition) is 6. The van der Waals surface area contributed by atoms with Crippen LogP contribution in [0, 0.1) is 0 Å². The first kappa shape index (κ1) is 19.1. The van der Waals surface area contributed by atoms with E-state index in [1.54, 1.807) is 0 Å². The predicted octanol–water partition coefficient (Wildman–Crippen LogP) is 4.47. The van der Waals surface area contributed by atoms with Gasteiger partial charge in [0.2, 0.25) is 0 Å². The van der Waals surface area contributed by atoms with Crippen molar-refractivity contribution in [2.75, 3.05) is 34.5 Å². The summed E-state index contributed by atoms with van der Waals surface area (Å²) in [4.78, 5) is 0. The van der Waals surface area contributed by atoms with E-state index in [2.05, 4.69) is 56.6 Å². The van der Waals surface area contributed by atoms with Crippen molar-refractivity contribution in [1.29, 1.82) is 0 Å². The fourth-order valence-corrected chi connectivity index (χ4v) is 5.45. The first-order valence-corrected chi connectivity index (χ1v) is 11.0. The van der Waals surface area contributed by atoms with Crippen molar-refractivity contribution >= 4 is 73.2 Å². The maximum atomic E-state index is 4.48. The van der Waals surface area contributed by atoms with Crippen molar-refractivity contribution in [3.63, 3.8) is 0 Å². The first-order valence-electron chi connectivity index (χ1n) is 5.95. The van der Waals surface area contributed by atoms with Crippen LogP contribution >= 0.6 is 73.2 Å². The number of thioether (sulfide) groups is 3. The van der Waals surface area contributed by atoms with Gasteiger partial charge in [-0.05, 0) is 30.1 Å². The average molecular weight is 349 g/mol. The van der Waals surface area contributed by atoms with Gasteiger partial charge in [-0.25, -0.2) is 0 Å². The second-order valence-corrected chi connectivity index (χ2v) is 9.21. The molecule has 0 rings (SSSR count). The van der Waals surface area contributed by atoms with Gasteiger partial charge in [-0.3, -0.25) is 0 Å². The summed E-state index contributed by atoms with van der Waals surface area (Å²) in [6, 6.07) is 0. The highest BCUT2D eigenvalue weighted by atomic mass is 32.2. The van der Waals surface area contributed by atoms with E-state index in [0.717, 1.165) is 23.7 Å². The molecule has 6 heteroatoms. The Balaban J connectivity index is 3.30. The van der Waals surface area contributed by atoms with E-state index in [4.69, 9.17) is 0 Å². The van der Waals surface area contributed by atoms with Crippen molar-refractivity contribution in [1.82, 2.24) is 0 Å². The lowest BCUT2D eigenvalue weighted by atomic mass is 10.5. The number of rotatable bonds is 12. The Labute approximate surface area is 136 Å². The predicted molar refractivity (Wildman–Crippen MR) is 101 cm³/mol. The van der Waals surface area contributed by atoms with E-state index in [0.29, 0.717) is 9.83 Å². The van der Waals surface area contributed by atoms with Crippen LogP contribution in [0.1, 0.15) is 19.8 Å². The molecular formula is C11H24S6. The summed E-state index contributed by atoms with van der Waals surface area (Å²) in [6.07, 6.45) is 2.45. The quantitative estimate of drug-likeness (QED) is 0.271. The highest BCUT2D eigenvalue weighted by molar-refractivity contribution is 8.10. The molecule has 104 valence electrons. The van der Waals surface area contributed by atoms with Gasteiger partial charge in [-0.2, -0.15) is 61.4 Å². The molecule has 0 N–H and O–H groups in total. The van der Waals surface area contributed by atoms with Crippen molar-refractivity contribution < 1.29 is 0 Å². The minimum absolute atomic E-state index is 0.524. The average Bonchev–Trinajstić information content (AvgIpc) is 2.36. The van der Waals surface area contributed by atoms with Crippen molar-refractivity contribution in [2.45, 2.75) is 29.6 Å². The smallest absolute Gasteiger partial charge is 0.0469 e. The third kappa shape index (κ3) is 12.9. The van der Waals surface area contributed by atoms with E-state index in [-0.39, 0.29) is 0 Å². The van der Waals surface area contributed by atoms with E-state index in [1.807, 2.05) is 23.5 Å². The van der Waals surface area contributed by atoms with Gasteiger partial charge in [-0.15, -0.1) is 11.8 Å². The molecule has 0 saturated heterocycles. The summed E-state index contributed by atoms with van der Waals surface area (Å²) in [6.45, 7) is 2.19. The lowest BCUT2D eigenvalue weighted by Crippen LogP contribution is -2.10. The molecule has 0 spiro atoms. The van der Waals surface area contributed by atoms with Crippen LogP contribution < -0.4 is 0 Å². The number of hydrogen-bond donors (Lipinski definition) is 3. The molecule has 0 radical (unpaired) electrons. The first-order chi connectivity index (χ1) is 8.24. The van der Waals surface area contributed by atoms with Gasteiger partial charge >= 0.3 is 0 Å². The number of thiol groups is 3. The molecule has 0 aromatic rings. The Morgan fingerprint density at radius 3 is 2.41 bits per heavy atom. The summed E-state index contributed by atoms with van der Waals surface area (Å²) in [5.41, 5.74) is 0. The Hall–Kier alpha value is 2.10. The molecule has 0 fully saturated rings. The molecule has 0 bridgehead atoms. The zero-order valence-corrected chi connectivity index (χ0v) is 15.5. The lowest BCUT2D eigenvalue weighted by Gasteiger charge is -2.13. The maximum Gasteiger partial charge on any atom is 0.0469 e. The zero-order valence-electron chi connectivity index (χ0n) is 10.4. The van der Waals surface area contributed by atoms with Crippen molar-refractivity contribution in [3.05, 3.63) is 0 Å². The fraction of sp³-hybridized carbons (Fsp3) is 1.00. The minimum atomic E-state index is 0.524. The summed E-state index contributed by atoms with van der Waals surface area (Å²) in [5.74, 6) is 6.83. The van der Waals surface area contributed by atoms with Crippen molar-refractivity contribution in [2.24, 2.45) is 0 Å². The second-order valence-electron chi connectivity index (χ2n) is 3.56. The Morgan fingerprint density at radius 2 is 1.82 bits per heavy atom. The van der Waals surface area contributed by atoms with Gasteiger partial charge in [0.25, 0.3) is 0 Å². The zero-order chi connectivity index (χ0) is 12.9. The fourth-order valence-electron chi connectivity index (χ4n) is 1.09. The van der Waals surface area contributed by atoms with Crippen LogP contribution in [0.2, 0.25) is 0 Å². The molecule has 2 atom stereocenters. The highest BCUT2D eigenvalue weighted by Crippen LogP contribution is 2.21. The monoisotopic (exact) mass is 348 g/mol. The third-order valence-corrected chi connectivity index (χ3v) is 7.98. The van der Waals surface area contributed by atoms with Gasteiger partial charge in [0.1, 0.15) is 0 Å². The Bertz CT molecular complexity index is 155. The van der Waals surface area contributed by atoms with Crippen LogP contribution in [0.4, 0.5) is 0 Å². The molecule has 0 aromatic heterocycles. The maximum absolute atomic E-state index is 4.48. The van der Waals surface area contributed by atoms with E-state index < -0.39 is 0 Å². The van der Waals surface area contributed by atoms with Crippen LogP contribution in [-0.4, -0.2) is 44.3 Å². The topological polar surface area (TPSA) is 0 Å². The molecule has 0 amide bonds. The van der Waals surface area contributed by atoms with E-state index in [1.165, 1.54) is 23.7 Å². The Morgan fingerprint density at radius 1 is 1.06 bits per heavy atom. The van der Waals surface area contributed by atoms with Crippen LogP contribution in [0.3, 0.4) is 0 Å². The van der Waals surface area contributed by atoms with E-state index >= 15 is 0 Å². The van der Waals surface area contributed by atoms with Crippen LogP contribution in [0.15, 0.2) is 0 Å². The summed E-state index contributed by atoms with van der Waals surface area (Å²) in [5, 5.41) is 0.691. The molecular weight excluding hydrogens is 325 g/mol. The Kier molecular flexibility index (Phi) is 16.3. The second kappa shape index (κ2) is 14.5. The molecule has 0 aliphatic carbocycles. The minimum Gasteiger partial charge on any atom is -0.179 e. The SMILES string of the molecule is CCC(S)SCCCSCC(CS)SCCS. The molecule has 0 aliphatic rings. The molecule has 0 aliphatic heterocycles. The van der Waals surface area contributed by atoms with Crippen LogP contribution in [-0.2, 0) is 0 Å². The van der Waals surface area contributed by atoms with Gasteiger partial charge in [0.15, 0.2) is 0 Å². The van der Waals surface area contributed by atoms with Gasteiger partial charge in [0.05, 0.1) is 0 Å². The molecule has 17 heavy (non-hydrogen) atoms. The van der Waals surface area contributed by atoms with Gasteiger partial charge in [0, 0.05) is 27.1 Å². The summed E-state index contributed by atoms with van der Waals surface area (Å²) in [7, 11) is 0. The van der Waals surface area contributed by atoms with Crippen molar-refractivity contribution in [3.8, 4) is 0 Å². The standard InChI is InChI=1S/C11H24S6/c1-2-11(14)17-6-3-5-15-9-10(8-13)16-7-4-12/h10-14H,2-9H2,1H3. The van der Waals surface area contributed by atoms with Crippen LogP contribution in [0.5, 0.6) is 0 Å². The third-order valence-electron chi connectivity index (χ3n) is 2.04. The molecule has 0 nitrogen and oxygen atoms in total. The normalized spacial score (nSPS) is 14.8. The molecule has 0 aromatic carbocycles. The van der Waals surface area contributed by atoms with E-state index in [9.17, 15) is 0 Å². The highest BCUT2D eigenvalue weighted by Gasteiger charge is 2.06. The lowest BCUT2D eigenvalue weighted by molar-refractivity contribution is 1.05. The largest absolute Gasteiger partial charge is 0.179 e. The van der Waals surface area contributed by atoms with Crippen LogP contribution in [0.25, 0.3) is 0 Å². The van der Waals surface area contributed by atoms with Gasteiger partial charge in [-0.1, -0.05) is 6.92 Å². The van der Waals surface area contributed by atoms with Gasteiger partial charge < -0.3 is 0 Å². The molecule has 0 saturated carbocycles. The molecule has 2 unspecified atom stereocenters. The summed E-state index contributed by atoms with van der Waals surface area (Å²) >= 11 is 19.2. The summed E-state index contributed by atoms with van der Waals surface area (Å²) < 4.78 is 0.524.